The van der Waals surface area contributed by atoms with Gasteiger partial charge in [0.05, 0.1) is 7.11 Å². The summed E-state index contributed by atoms with van der Waals surface area (Å²) in [6, 6.07) is 15.2. The Morgan fingerprint density at radius 3 is 2.44 bits per heavy atom. The molecule has 0 aliphatic heterocycles. The molecule has 0 amide bonds. The number of anilines is 2. The molecule has 0 unspecified atom stereocenters. The number of ether oxygens (including phenoxy) is 1. The van der Waals surface area contributed by atoms with Crippen molar-refractivity contribution in [1.29, 1.82) is 0 Å². The van der Waals surface area contributed by atoms with Gasteiger partial charge in [-0.05, 0) is 37.3 Å². The molecule has 0 heterocycles. The van der Waals surface area contributed by atoms with E-state index in [1.54, 1.807) is 20.1 Å². The number of Topliss-reactive ketones (excluding diaryl/α,β-unsaturated/α-hetero) is 1. The Balaban J connectivity index is 2.35. The SMILES string of the molecule is COc1ccc(Nc2ccccc2)c(C(C)=O)c1. The van der Waals surface area contributed by atoms with Gasteiger partial charge in [0.25, 0.3) is 0 Å². The molecule has 0 aliphatic rings. The maximum atomic E-state index is 11.6. The van der Waals surface area contributed by atoms with E-state index in [1.807, 2.05) is 42.5 Å². The van der Waals surface area contributed by atoms with Crippen molar-refractivity contribution in [3.63, 3.8) is 0 Å². The summed E-state index contributed by atoms with van der Waals surface area (Å²) < 4.78 is 5.13. The van der Waals surface area contributed by atoms with Crippen LogP contribution in [0.25, 0.3) is 0 Å². The third-order valence-corrected chi connectivity index (χ3v) is 2.66. The highest BCUT2D eigenvalue weighted by Crippen LogP contribution is 2.25. The first kappa shape index (κ1) is 12.2. The summed E-state index contributed by atoms with van der Waals surface area (Å²) >= 11 is 0. The van der Waals surface area contributed by atoms with E-state index in [2.05, 4.69) is 5.32 Å². The van der Waals surface area contributed by atoms with Gasteiger partial charge in [0.2, 0.25) is 0 Å². The molecule has 92 valence electrons. The lowest BCUT2D eigenvalue weighted by Crippen LogP contribution is -2.01. The summed E-state index contributed by atoms with van der Waals surface area (Å²) in [5.74, 6) is 0.686. The zero-order chi connectivity index (χ0) is 13.0. The van der Waals surface area contributed by atoms with E-state index in [4.69, 9.17) is 4.74 Å². The van der Waals surface area contributed by atoms with E-state index in [1.165, 1.54) is 0 Å². The molecular formula is C15H15NO2. The van der Waals surface area contributed by atoms with E-state index in [0.717, 1.165) is 11.4 Å². The molecule has 18 heavy (non-hydrogen) atoms. The Morgan fingerprint density at radius 2 is 1.83 bits per heavy atom. The quantitative estimate of drug-likeness (QED) is 0.830. The smallest absolute Gasteiger partial charge is 0.162 e. The van der Waals surface area contributed by atoms with Crippen LogP contribution < -0.4 is 10.1 Å². The summed E-state index contributed by atoms with van der Waals surface area (Å²) in [5.41, 5.74) is 2.36. The number of benzene rings is 2. The number of carbonyl (C=O) groups excluding carboxylic acids is 1. The number of methoxy groups -OCH3 is 1. The molecule has 0 bridgehead atoms. The number of ketones is 1. The predicted molar refractivity (Wildman–Crippen MR) is 72.7 cm³/mol. The summed E-state index contributed by atoms with van der Waals surface area (Å²) in [6.07, 6.45) is 0. The average molecular weight is 241 g/mol. The minimum atomic E-state index is 0.00679. The number of para-hydroxylation sites is 1. The summed E-state index contributed by atoms with van der Waals surface area (Å²) in [5, 5.41) is 3.23. The third kappa shape index (κ3) is 2.69. The first-order chi connectivity index (χ1) is 8.70. The Kier molecular flexibility index (Phi) is 3.63. The standard InChI is InChI=1S/C15H15NO2/c1-11(17)14-10-13(18-2)8-9-15(14)16-12-6-4-3-5-7-12/h3-10,16H,1-2H3. The lowest BCUT2D eigenvalue weighted by Gasteiger charge is -2.11. The van der Waals surface area contributed by atoms with Crippen LogP contribution >= 0.6 is 0 Å². The van der Waals surface area contributed by atoms with Crippen LogP contribution in [-0.4, -0.2) is 12.9 Å². The van der Waals surface area contributed by atoms with Gasteiger partial charge >= 0.3 is 0 Å². The molecule has 0 aromatic heterocycles. The van der Waals surface area contributed by atoms with Crippen molar-refractivity contribution < 1.29 is 9.53 Å². The van der Waals surface area contributed by atoms with Crippen molar-refractivity contribution in [3.05, 3.63) is 54.1 Å². The molecule has 3 heteroatoms. The van der Waals surface area contributed by atoms with Crippen LogP contribution in [0.4, 0.5) is 11.4 Å². The van der Waals surface area contributed by atoms with Crippen molar-refractivity contribution in [1.82, 2.24) is 0 Å². The molecule has 2 aromatic rings. The maximum absolute atomic E-state index is 11.6. The number of carbonyl (C=O) groups is 1. The van der Waals surface area contributed by atoms with Gasteiger partial charge in [-0.3, -0.25) is 4.79 Å². The van der Waals surface area contributed by atoms with Crippen LogP contribution in [0.1, 0.15) is 17.3 Å². The Bertz CT molecular complexity index is 550. The van der Waals surface area contributed by atoms with Crippen molar-refractivity contribution in [2.75, 3.05) is 12.4 Å². The summed E-state index contributed by atoms with van der Waals surface area (Å²) in [7, 11) is 1.59. The largest absolute Gasteiger partial charge is 0.497 e. The van der Waals surface area contributed by atoms with Crippen LogP contribution in [0.3, 0.4) is 0 Å². The van der Waals surface area contributed by atoms with E-state index < -0.39 is 0 Å². The Morgan fingerprint density at radius 1 is 1.11 bits per heavy atom. The monoisotopic (exact) mass is 241 g/mol. The van der Waals surface area contributed by atoms with Crippen LogP contribution in [0, 0.1) is 0 Å². The minimum absolute atomic E-state index is 0.00679. The number of hydrogen-bond donors (Lipinski definition) is 1. The highest BCUT2D eigenvalue weighted by atomic mass is 16.5. The molecule has 2 aromatic carbocycles. The molecule has 0 saturated heterocycles. The second-order valence-corrected chi connectivity index (χ2v) is 3.96. The Hall–Kier alpha value is -2.29. The van der Waals surface area contributed by atoms with Gasteiger partial charge in [-0.2, -0.15) is 0 Å². The molecule has 0 atom stereocenters. The minimum Gasteiger partial charge on any atom is -0.497 e. The van der Waals surface area contributed by atoms with Gasteiger partial charge in [-0.25, -0.2) is 0 Å². The maximum Gasteiger partial charge on any atom is 0.162 e. The third-order valence-electron chi connectivity index (χ3n) is 2.66. The van der Waals surface area contributed by atoms with E-state index in [0.29, 0.717) is 11.3 Å². The second-order valence-electron chi connectivity index (χ2n) is 3.96. The number of nitrogens with one attached hydrogen (secondary N) is 1. The van der Waals surface area contributed by atoms with Crippen molar-refractivity contribution in [2.24, 2.45) is 0 Å². The molecule has 1 N–H and O–H groups in total. The lowest BCUT2D eigenvalue weighted by molar-refractivity contribution is 0.101. The highest BCUT2D eigenvalue weighted by Gasteiger charge is 2.08. The van der Waals surface area contributed by atoms with Crippen molar-refractivity contribution in [2.45, 2.75) is 6.92 Å². The zero-order valence-corrected chi connectivity index (χ0v) is 10.4. The van der Waals surface area contributed by atoms with Gasteiger partial charge in [0, 0.05) is 16.9 Å². The van der Waals surface area contributed by atoms with E-state index >= 15 is 0 Å². The molecule has 2 rings (SSSR count). The van der Waals surface area contributed by atoms with Gasteiger partial charge < -0.3 is 10.1 Å². The molecule has 0 fully saturated rings. The van der Waals surface area contributed by atoms with E-state index in [9.17, 15) is 4.79 Å². The van der Waals surface area contributed by atoms with Crippen LogP contribution in [0.2, 0.25) is 0 Å². The topological polar surface area (TPSA) is 38.3 Å². The number of hydrogen-bond acceptors (Lipinski definition) is 3. The predicted octanol–water partition coefficient (Wildman–Crippen LogP) is 3.64. The van der Waals surface area contributed by atoms with Gasteiger partial charge in [-0.1, -0.05) is 18.2 Å². The number of rotatable bonds is 4. The van der Waals surface area contributed by atoms with Crippen LogP contribution in [-0.2, 0) is 0 Å². The summed E-state index contributed by atoms with van der Waals surface area (Å²) in [6.45, 7) is 1.55. The molecular weight excluding hydrogens is 226 g/mol. The molecule has 0 radical (unpaired) electrons. The van der Waals surface area contributed by atoms with Crippen LogP contribution in [0.5, 0.6) is 5.75 Å². The van der Waals surface area contributed by atoms with Crippen molar-refractivity contribution >= 4 is 17.2 Å². The fourth-order valence-electron chi connectivity index (χ4n) is 1.73. The zero-order valence-electron chi connectivity index (χ0n) is 10.4. The van der Waals surface area contributed by atoms with Gasteiger partial charge in [-0.15, -0.1) is 0 Å². The van der Waals surface area contributed by atoms with E-state index in [-0.39, 0.29) is 5.78 Å². The first-order valence-electron chi connectivity index (χ1n) is 5.72. The Labute approximate surface area is 106 Å². The van der Waals surface area contributed by atoms with Crippen LogP contribution in [0.15, 0.2) is 48.5 Å². The average Bonchev–Trinajstić information content (AvgIpc) is 2.40. The summed E-state index contributed by atoms with van der Waals surface area (Å²) in [4.78, 5) is 11.6. The fraction of sp³-hybridized carbons (Fsp3) is 0.133. The molecule has 3 nitrogen and oxygen atoms in total. The van der Waals surface area contributed by atoms with Gasteiger partial charge in [0.15, 0.2) is 5.78 Å². The normalized spacial score (nSPS) is 9.89. The fourth-order valence-corrected chi connectivity index (χ4v) is 1.73. The van der Waals surface area contributed by atoms with Gasteiger partial charge in [0.1, 0.15) is 5.75 Å². The lowest BCUT2D eigenvalue weighted by atomic mass is 10.1. The first-order valence-corrected chi connectivity index (χ1v) is 5.72. The molecule has 0 saturated carbocycles. The second kappa shape index (κ2) is 5.36. The molecule has 0 aliphatic carbocycles. The van der Waals surface area contributed by atoms with Crippen molar-refractivity contribution in [3.8, 4) is 5.75 Å². The molecule has 0 spiro atoms. The highest BCUT2D eigenvalue weighted by molar-refractivity contribution is 6.00.